The molecule has 4 rings (SSSR count). The van der Waals surface area contributed by atoms with Gasteiger partial charge in [0.15, 0.2) is 0 Å². The summed E-state index contributed by atoms with van der Waals surface area (Å²) in [5.74, 6) is 0.0306. The van der Waals surface area contributed by atoms with Crippen LogP contribution in [-0.4, -0.2) is 42.9 Å². The molecule has 0 aliphatic carbocycles. The molecule has 2 aromatic carbocycles. The second kappa shape index (κ2) is 11.5. The maximum Gasteiger partial charge on any atom is 0.280 e. The summed E-state index contributed by atoms with van der Waals surface area (Å²) in [5.41, 5.74) is 1.01. The van der Waals surface area contributed by atoms with Crippen molar-refractivity contribution in [3.63, 3.8) is 0 Å². The van der Waals surface area contributed by atoms with E-state index in [9.17, 15) is 13.2 Å². The number of hydrogen-bond acceptors (Lipinski definition) is 7. The number of benzene rings is 2. The van der Waals surface area contributed by atoms with Crippen LogP contribution in [0.3, 0.4) is 0 Å². The van der Waals surface area contributed by atoms with Crippen molar-refractivity contribution in [1.29, 1.82) is 0 Å². The minimum Gasteiger partial charge on any atom is -0.463 e. The largest absolute Gasteiger partial charge is 0.463 e. The molecule has 0 unspecified atom stereocenters. The maximum absolute atomic E-state index is 13.5. The lowest BCUT2D eigenvalue weighted by molar-refractivity contribution is 0.0987. The monoisotopic (exact) mass is 588 g/mol. The van der Waals surface area contributed by atoms with E-state index in [0.717, 1.165) is 27.5 Å². The summed E-state index contributed by atoms with van der Waals surface area (Å²) in [4.78, 5) is 18.2. The second-order valence-electron chi connectivity index (χ2n) is 7.86. The molecule has 1 amide bonds. The summed E-state index contributed by atoms with van der Waals surface area (Å²) in [6.07, 6.45) is 4.63. The molecule has 0 N–H and O–H groups in total. The van der Waals surface area contributed by atoms with Gasteiger partial charge in [-0.3, -0.25) is 4.79 Å². The molecule has 0 fully saturated rings. The van der Waals surface area contributed by atoms with Crippen molar-refractivity contribution in [2.75, 3.05) is 18.1 Å². The average Bonchev–Trinajstić information content (AvgIpc) is 3.54. The molecule has 0 saturated carbocycles. The average molecular weight is 590 g/mol. The third-order valence-corrected chi connectivity index (χ3v) is 8.88. The Bertz CT molecular complexity index is 1470. The highest BCUT2D eigenvalue weighted by molar-refractivity contribution is 9.10. The fraction of sp³-hybridized carbons (Fsp3) is 0.240. The van der Waals surface area contributed by atoms with Gasteiger partial charge in [-0.1, -0.05) is 47.5 Å². The first-order valence-electron chi connectivity index (χ1n) is 11.4. The van der Waals surface area contributed by atoms with Crippen LogP contribution in [0.1, 0.15) is 42.8 Å². The minimum absolute atomic E-state index is 0.146. The van der Waals surface area contributed by atoms with E-state index in [1.165, 1.54) is 57.4 Å². The van der Waals surface area contributed by atoms with E-state index in [1.54, 1.807) is 12.1 Å². The van der Waals surface area contributed by atoms with Crippen molar-refractivity contribution in [2.24, 2.45) is 5.10 Å². The smallest absolute Gasteiger partial charge is 0.280 e. The topological polar surface area (TPSA) is 96.1 Å². The first-order valence-corrected chi connectivity index (χ1v) is 14.5. The molecule has 0 bridgehead atoms. The number of sulfonamides is 1. The SMILES string of the molecule is CCCCN(CC)S(=O)(=O)c1ccc(C(=O)N(/N=C/c2ccco2)c2nc3ccc(Br)cc3s2)cc1. The number of unbranched alkanes of at least 4 members (excludes halogenated alkanes) is 1. The Balaban J connectivity index is 1.66. The predicted molar refractivity (Wildman–Crippen MR) is 146 cm³/mol. The van der Waals surface area contributed by atoms with Crippen LogP contribution in [0.4, 0.5) is 5.13 Å². The normalized spacial score (nSPS) is 12.1. The summed E-state index contributed by atoms with van der Waals surface area (Å²) in [5, 5.41) is 5.93. The fourth-order valence-corrected chi connectivity index (χ4v) is 6.43. The Morgan fingerprint density at radius 2 is 1.94 bits per heavy atom. The molecular formula is C25H25BrN4O4S2. The zero-order chi connectivity index (χ0) is 25.7. The third kappa shape index (κ3) is 5.75. The quantitative estimate of drug-likeness (QED) is 0.164. The zero-order valence-electron chi connectivity index (χ0n) is 19.8. The van der Waals surface area contributed by atoms with Crippen molar-refractivity contribution >= 4 is 64.8 Å². The van der Waals surface area contributed by atoms with Crippen LogP contribution in [0, 0.1) is 0 Å². The van der Waals surface area contributed by atoms with Crippen LogP contribution in [0.15, 0.2) is 79.7 Å². The molecule has 36 heavy (non-hydrogen) atoms. The molecule has 0 aliphatic rings. The van der Waals surface area contributed by atoms with Gasteiger partial charge in [0.1, 0.15) is 5.76 Å². The van der Waals surface area contributed by atoms with Gasteiger partial charge in [-0.25, -0.2) is 13.4 Å². The van der Waals surface area contributed by atoms with Crippen molar-refractivity contribution in [1.82, 2.24) is 9.29 Å². The Kier molecular flexibility index (Phi) is 8.35. The molecule has 0 aliphatic heterocycles. The predicted octanol–water partition coefficient (Wildman–Crippen LogP) is 6.14. The standard InChI is InChI=1S/C25H25BrN4O4S2/c1-3-5-14-29(4-2)36(32,33)21-11-8-18(9-12-21)24(31)30(27-17-20-7-6-15-34-20)25-28-22-13-10-19(26)16-23(22)35-25/h6-13,15-17H,3-5,14H2,1-2H3/b27-17+. The van der Waals surface area contributed by atoms with Gasteiger partial charge in [0, 0.05) is 23.1 Å². The van der Waals surface area contributed by atoms with E-state index >= 15 is 0 Å². The van der Waals surface area contributed by atoms with Crippen LogP contribution in [-0.2, 0) is 10.0 Å². The molecule has 0 radical (unpaired) electrons. The van der Waals surface area contributed by atoms with Crippen molar-refractivity contribution in [3.8, 4) is 0 Å². The van der Waals surface area contributed by atoms with Crippen molar-refractivity contribution in [3.05, 3.63) is 76.7 Å². The van der Waals surface area contributed by atoms with Gasteiger partial charge in [-0.05, 0) is 61.0 Å². The van der Waals surface area contributed by atoms with Crippen LogP contribution in [0.5, 0.6) is 0 Å². The summed E-state index contributed by atoms with van der Waals surface area (Å²) in [6, 6.07) is 15.0. The fourth-order valence-electron chi connectivity index (χ4n) is 3.47. The first kappa shape index (κ1) is 26.2. The van der Waals surface area contributed by atoms with Gasteiger partial charge in [0.2, 0.25) is 15.2 Å². The highest BCUT2D eigenvalue weighted by Crippen LogP contribution is 2.32. The molecule has 4 aromatic rings. The lowest BCUT2D eigenvalue weighted by Gasteiger charge is -2.20. The highest BCUT2D eigenvalue weighted by Gasteiger charge is 2.25. The number of nitrogens with zero attached hydrogens (tertiary/aromatic N) is 4. The third-order valence-electron chi connectivity index (χ3n) is 5.41. The molecule has 0 spiro atoms. The molecular weight excluding hydrogens is 564 g/mol. The van der Waals surface area contributed by atoms with E-state index in [2.05, 4.69) is 26.0 Å². The van der Waals surface area contributed by atoms with Crippen molar-refractivity contribution in [2.45, 2.75) is 31.6 Å². The number of aromatic nitrogens is 1. The first-order chi connectivity index (χ1) is 17.3. The van der Waals surface area contributed by atoms with E-state index in [0.29, 0.717) is 24.0 Å². The Morgan fingerprint density at radius 3 is 2.61 bits per heavy atom. The number of halogens is 1. The number of carbonyl (C=O) groups excluding carboxylic acids is 1. The number of rotatable bonds is 10. The number of amides is 1. The zero-order valence-corrected chi connectivity index (χ0v) is 23.0. The van der Waals surface area contributed by atoms with Gasteiger partial charge >= 0.3 is 0 Å². The molecule has 2 heterocycles. The molecule has 0 atom stereocenters. The lowest BCUT2D eigenvalue weighted by Crippen LogP contribution is -2.32. The van der Waals surface area contributed by atoms with E-state index < -0.39 is 15.9 Å². The van der Waals surface area contributed by atoms with Crippen molar-refractivity contribution < 1.29 is 17.6 Å². The Hall–Kier alpha value is -2.86. The van der Waals surface area contributed by atoms with Gasteiger partial charge in [0.05, 0.1) is 27.6 Å². The number of thiazole rings is 1. The Morgan fingerprint density at radius 1 is 1.17 bits per heavy atom. The summed E-state index contributed by atoms with van der Waals surface area (Å²) in [6.45, 7) is 4.67. The lowest BCUT2D eigenvalue weighted by atomic mass is 10.2. The molecule has 2 aromatic heterocycles. The van der Waals surface area contributed by atoms with E-state index in [4.69, 9.17) is 4.42 Å². The van der Waals surface area contributed by atoms with Gasteiger partial charge < -0.3 is 4.42 Å². The van der Waals surface area contributed by atoms with Gasteiger partial charge in [0.25, 0.3) is 5.91 Å². The molecule has 11 heteroatoms. The maximum atomic E-state index is 13.5. The van der Waals surface area contributed by atoms with Gasteiger partial charge in [-0.2, -0.15) is 14.4 Å². The number of carbonyl (C=O) groups is 1. The number of anilines is 1. The minimum atomic E-state index is -3.65. The summed E-state index contributed by atoms with van der Waals surface area (Å²) < 4.78 is 34.7. The number of furan rings is 1. The Labute approximate surface area is 222 Å². The summed E-state index contributed by atoms with van der Waals surface area (Å²) in [7, 11) is -3.65. The number of hydrazone groups is 1. The van der Waals surface area contributed by atoms with E-state index in [-0.39, 0.29) is 10.5 Å². The van der Waals surface area contributed by atoms with E-state index in [1.807, 2.05) is 32.0 Å². The van der Waals surface area contributed by atoms with Crippen LogP contribution < -0.4 is 5.01 Å². The van der Waals surface area contributed by atoms with Gasteiger partial charge in [-0.15, -0.1) is 0 Å². The van der Waals surface area contributed by atoms with Crippen LogP contribution >= 0.6 is 27.3 Å². The molecule has 8 nitrogen and oxygen atoms in total. The highest BCUT2D eigenvalue weighted by atomic mass is 79.9. The van der Waals surface area contributed by atoms with Crippen LogP contribution in [0.25, 0.3) is 10.2 Å². The van der Waals surface area contributed by atoms with Crippen LogP contribution in [0.2, 0.25) is 0 Å². The molecule has 0 saturated heterocycles. The second-order valence-corrected chi connectivity index (χ2v) is 11.7. The number of hydrogen-bond donors (Lipinski definition) is 0. The number of fused-ring (bicyclic) bond motifs is 1. The molecule has 188 valence electrons. The summed E-state index contributed by atoms with van der Waals surface area (Å²) >= 11 is 4.78.